The SMILES string of the molecule is CCCCCCCc1cccc(OC(C)(C)Cc2ccccc2O)c1CCCCCCC. The van der Waals surface area contributed by atoms with Crippen LogP contribution >= 0.6 is 0 Å². The summed E-state index contributed by atoms with van der Waals surface area (Å²) >= 11 is 0. The molecule has 0 atom stereocenters. The Balaban J connectivity index is 2.13. The van der Waals surface area contributed by atoms with Crippen molar-refractivity contribution in [2.75, 3.05) is 0 Å². The predicted octanol–water partition coefficient (Wildman–Crippen LogP) is 8.82. The van der Waals surface area contributed by atoms with E-state index in [2.05, 4.69) is 45.9 Å². The zero-order chi connectivity index (χ0) is 23.2. The van der Waals surface area contributed by atoms with Crippen LogP contribution in [0.3, 0.4) is 0 Å². The van der Waals surface area contributed by atoms with E-state index in [4.69, 9.17) is 4.74 Å². The van der Waals surface area contributed by atoms with Crippen LogP contribution in [0, 0.1) is 0 Å². The minimum atomic E-state index is -0.393. The molecule has 2 aromatic carbocycles. The molecule has 0 spiro atoms. The second-order valence-corrected chi connectivity index (χ2v) is 9.89. The average molecular weight is 439 g/mol. The highest BCUT2D eigenvalue weighted by atomic mass is 16.5. The monoisotopic (exact) mass is 438 g/mol. The molecule has 0 saturated carbocycles. The predicted molar refractivity (Wildman–Crippen MR) is 138 cm³/mol. The van der Waals surface area contributed by atoms with Gasteiger partial charge in [-0.05, 0) is 68.4 Å². The van der Waals surface area contributed by atoms with Gasteiger partial charge in [0.1, 0.15) is 17.1 Å². The molecule has 0 heterocycles. The van der Waals surface area contributed by atoms with Crippen LogP contribution in [0.25, 0.3) is 0 Å². The number of hydrogen-bond acceptors (Lipinski definition) is 2. The number of aromatic hydroxyl groups is 1. The molecule has 2 rings (SSSR count). The van der Waals surface area contributed by atoms with Gasteiger partial charge in [0.15, 0.2) is 0 Å². The van der Waals surface area contributed by atoms with Gasteiger partial charge in [-0.3, -0.25) is 0 Å². The van der Waals surface area contributed by atoms with Gasteiger partial charge in [-0.25, -0.2) is 0 Å². The molecule has 0 aliphatic rings. The lowest BCUT2D eigenvalue weighted by Crippen LogP contribution is -2.31. The molecular weight excluding hydrogens is 392 g/mol. The largest absolute Gasteiger partial charge is 0.508 e. The van der Waals surface area contributed by atoms with Crippen LogP contribution in [0.4, 0.5) is 0 Å². The Morgan fingerprint density at radius 1 is 0.688 bits per heavy atom. The fourth-order valence-electron chi connectivity index (χ4n) is 4.50. The van der Waals surface area contributed by atoms with Gasteiger partial charge >= 0.3 is 0 Å². The summed E-state index contributed by atoms with van der Waals surface area (Å²) in [4.78, 5) is 0. The molecule has 0 fully saturated rings. The van der Waals surface area contributed by atoms with Crippen molar-refractivity contribution in [1.82, 2.24) is 0 Å². The number of ether oxygens (including phenoxy) is 1. The van der Waals surface area contributed by atoms with E-state index < -0.39 is 5.60 Å². The number of para-hydroxylation sites is 1. The summed E-state index contributed by atoms with van der Waals surface area (Å²) < 4.78 is 6.64. The minimum Gasteiger partial charge on any atom is -0.508 e. The number of benzene rings is 2. The first-order chi connectivity index (χ1) is 15.5. The molecular formula is C30H46O2. The molecule has 0 aliphatic heterocycles. The van der Waals surface area contributed by atoms with E-state index in [1.165, 1.54) is 75.3 Å². The summed E-state index contributed by atoms with van der Waals surface area (Å²) in [5.74, 6) is 1.38. The van der Waals surface area contributed by atoms with Crippen LogP contribution in [0.2, 0.25) is 0 Å². The van der Waals surface area contributed by atoms with E-state index in [-0.39, 0.29) is 0 Å². The summed E-state index contributed by atoms with van der Waals surface area (Å²) in [5, 5.41) is 10.2. The second kappa shape index (κ2) is 14.2. The van der Waals surface area contributed by atoms with Gasteiger partial charge in [0.25, 0.3) is 0 Å². The molecule has 32 heavy (non-hydrogen) atoms. The van der Waals surface area contributed by atoms with Crippen molar-refractivity contribution in [3.05, 3.63) is 59.2 Å². The summed E-state index contributed by atoms with van der Waals surface area (Å²) in [6.45, 7) is 8.80. The van der Waals surface area contributed by atoms with Gasteiger partial charge in [0.2, 0.25) is 0 Å². The summed E-state index contributed by atoms with van der Waals surface area (Å²) in [7, 11) is 0. The van der Waals surface area contributed by atoms with Gasteiger partial charge in [-0.2, -0.15) is 0 Å². The Kier molecular flexibility index (Phi) is 11.7. The van der Waals surface area contributed by atoms with Gasteiger partial charge in [0.05, 0.1) is 0 Å². The number of aryl methyl sites for hydroxylation is 1. The molecule has 0 unspecified atom stereocenters. The lowest BCUT2D eigenvalue weighted by Gasteiger charge is -2.29. The van der Waals surface area contributed by atoms with Crippen molar-refractivity contribution in [2.24, 2.45) is 0 Å². The van der Waals surface area contributed by atoms with Crippen molar-refractivity contribution in [2.45, 2.75) is 117 Å². The van der Waals surface area contributed by atoms with Crippen LogP contribution in [0.15, 0.2) is 42.5 Å². The van der Waals surface area contributed by atoms with E-state index in [1.54, 1.807) is 6.07 Å². The number of rotatable bonds is 16. The maximum absolute atomic E-state index is 10.2. The van der Waals surface area contributed by atoms with E-state index in [0.29, 0.717) is 12.2 Å². The van der Waals surface area contributed by atoms with Crippen LogP contribution in [0.5, 0.6) is 11.5 Å². The normalized spacial score (nSPS) is 11.6. The zero-order valence-electron chi connectivity index (χ0n) is 21.1. The van der Waals surface area contributed by atoms with E-state index in [1.807, 2.05) is 18.2 Å². The highest BCUT2D eigenvalue weighted by Crippen LogP contribution is 2.32. The van der Waals surface area contributed by atoms with Gasteiger partial charge in [-0.15, -0.1) is 0 Å². The molecule has 2 nitrogen and oxygen atoms in total. The standard InChI is InChI=1S/C30H46O2/c1-5-7-9-11-13-18-25-20-17-23-29(27(25)21-14-12-10-8-6-2)32-30(3,4)24-26-19-15-16-22-28(26)31/h15-17,19-20,22-23,31H,5-14,18,21,24H2,1-4H3. The van der Waals surface area contributed by atoms with E-state index in [9.17, 15) is 5.11 Å². The van der Waals surface area contributed by atoms with Gasteiger partial charge in [0, 0.05) is 6.42 Å². The number of hydrogen-bond donors (Lipinski definition) is 1. The molecule has 0 aromatic heterocycles. The maximum Gasteiger partial charge on any atom is 0.123 e. The first-order valence-corrected chi connectivity index (χ1v) is 13.0. The molecule has 2 aromatic rings. The smallest absolute Gasteiger partial charge is 0.123 e. The van der Waals surface area contributed by atoms with Crippen LogP contribution in [0.1, 0.15) is 109 Å². The molecule has 0 amide bonds. The molecule has 0 bridgehead atoms. The van der Waals surface area contributed by atoms with E-state index in [0.717, 1.165) is 24.2 Å². The first kappa shape index (κ1) is 26.3. The topological polar surface area (TPSA) is 29.5 Å². The van der Waals surface area contributed by atoms with Crippen molar-refractivity contribution in [1.29, 1.82) is 0 Å². The lowest BCUT2D eigenvalue weighted by atomic mass is 9.94. The van der Waals surface area contributed by atoms with Gasteiger partial charge < -0.3 is 9.84 Å². The van der Waals surface area contributed by atoms with Crippen LogP contribution in [-0.2, 0) is 19.3 Å². The molecule has 178 valence electrons. The Bertz CT molecular complexity index is 778. The number of unbranched alkanes of at least 4 members (excludes halogenated alkanes) is 8. The second-order valence-electron chi connectivity index (χ2n) is 9.89. The fourth-order valence-corrected chi connectivity index (χ4v) is 4.50. The highest BCUT2D eigenvalue weighted by Gasteiger charge is 2.24. The summed E-state index contributed by atoms with van der Waals surface area (Å²) in [6.07, 6.45) is 15.9. The summed E-state index contributed by atoms with van der Waals surface area (Å²) in [5.41, 5.74) is 3.42. The average Bonchev–Trinajstić information content (AvgIpc) is 2.76. The molecule has 0 saturated heterocycles. The third-order valence-electron chi connectivity index (χ3n) is 6.30. The molecule has 1 N–H and O–H groups in total. The Morgan fingerprint density at radius 3 is 1.94 bits per heavy atom. The highest BCUT2D eigenvalue weighted by molar-refractivity contribution is 5.41. The third-order valence-corrected chi connectivity index (χ3v) is 6.30. The Hall–Kier alpha value is -1.96. The maximum atomic E-state index is 10.2. The Morgan fingerprint density at radius 2 is 1.28 bits per heavy atom. The molecule has 0 radical (unpaired) electrons. The quantitative estimate of drug-likeness (QED) is 0.265. The molecule has 0 aliphatic carbocycles. The van der Waals surface area contributed by atoms with Crippen molar-refractivity contribution in [3.8, 4) is 11.5 Å². The van der Waals surface area contributed by atoms with Crippen molar-refractivity contribution >= 4 is 0 Å². The Labute approximate surface area is 197 Å². The zero-order valence-corrected chi connectivity index (χ0v) is 21.1. The minimum absolute atomic E-state index is 0.348. The van der Waals surface area contributed by atoms with Crippen LogP contribution < -0.4 is 4.74 Å². The van der Waals surface area contributed by atoms with Crippen molar-refractivity contribution in [3.63, 3.8) is 0 Å². The molecule has 2 heteroatoms. The lowest BCUT2D eigenvalue weighted by molar-refractivity contribution is 0.107. The van der Waals surface area contributed by atoms with Gasteiger partial charge in [-0.1, -0.05) is 95.5 Å². The van der Waals surface area contributed by atoms with E-state index >= 15 is 0 Å². The number of phenolic OH excluding ortho intramolecular Hbond substituents is 1. The van der Waals surface area contributed by atoms with Crippen LogP contribution in [-0.4, -0.2) is 10.7 Å². The summed E-state index contributed by atoms with van der Waals surface area (Å²) in [6, 6.07) is 14.2. The third kappa shape index (κ3) is 9.27. The fraction of sp³-hybridized carbons (Fsp3) is 0.600. The number of phenols is 1. The van der Waals surface area contributed by atoms with Crippen molar-refractivity contribution < 1.29 is 9.84 Å². The first-order valence-electron chi connectivity index (χ1n) is 13.0.